The normalized spacial score (nSPS) is 15.5. The third-order valence-electron chi connectivity index (χ3n) is 6.07. The number of nitrogens with zero attached hydrogens (tertiary/aromatic N) is 1. The minimum absolute atomic E-state index is 0.0847. The Morgan fingerprint density at radius 1 is 1.06 bits per heavy atom. The van der Waals surface area contributed by atoms with Gasteiger partial charge in [-0.1, -0.05) is 37.3 Å². The number of hydrogen-bond donors (Lipinski definition) is 0. The molecule has 2 aromatic carbocycles. The Balaban J connectivity index is 1.60. The third kappa shape index (κ3) is 4.47. The van der Waals surface area contributed by atoms with Gasteiger partial charge in [0.1, 0.15) is 0 Å². The maximum Gasteiger partial charge on any atom is 0.223 e. The molecular weight excluding hydrogens is 406 g/mol. The first kappa shape index (κ1) is 21.4. The summed E-state index contributed by atoms with van der Waals surface area (Å²) in [7, 11) is 3.31. The van der Waals surface area contributed by atoms with Crippen LogP contribution in [0.4, 0.5) is 0 Å². The van der Waals surface area contributed by atoms with Gasteiger partial charge in [0.05, 0.1) is 20.3 Å². The fourth-order valence-corrected chi connectivity index (χ4v) is 5.16. The highest BCUT2D eigenvalue weighted by Gasteiger charge is 2.33. The lowest BCUT2D eigenvalue weighted by molar-refractivity contribution is -0.133. The number of methoxy groups -OCH3 is 2. The number of benzene rings is 2. The molecule has 0 saturated carbocycles. The van der Waals surface area contributed by atoms with Crippen molar-refractivity contribution in [3.8, 4) is 11.5 Å². The van der Waals surface area contributed by atoms with Crippen molar-refractivity contribution in [2.45, 2.75) is 38.6 Å². The van der Waals surface area contributed by atoms with Crippen molar-refractivity contribution in [1.82, 2.24) is 4.90 Å². The summed E-state index contributed by atoms with van der Waals surface area (Å²) in [5.41, 5.74) is 4.88. The summed E-state index contributed by atoms with van der Waals surface area (Å²) < 4.78 is 11.1. The number of aryl methyl sites for hydroxylation is 2. The lowest BCUT2D eigenvalue weighted by Gasteiger charge is -2.37. The molecule has 1 aliphatic heterocycles. The van der Waals surface area contributed by atoms with Gasteiger partial charge in [0.25, 0.3) is 0 Å². The van der Waals surface area contributed by atoms with Crippen LogP contribution in [0.1, 0.15) is 46.5 Å². The van der Waals surface area contributed by atoms with Crippen molar-refractivity contribution < 1.29 is 14.3 Å². The second-order valence-electron chi connectivity index (χ2n) is 7.83. The molecular formula is C26H29NO3S. The lowest BCUT2D eigenvalue weighted by Crippen LogP contribution is -2.40. The lowest BCUT2D eigenvalue weighted by atomic mass is 9.90. The number of rotatable bonds is 7. The quantitative estimate of drug-likeness (QED) is 0.496. The number of amides is 1. The third-order valence-corrected chi connectivity index (χ3v) is 6.99. The van der Waals surface area contributed by atoms with E-state index < -0.39 is 0 Å². The number of fused-ring (bicyclic) bond motifs is 1. The Morgan fingerprint density at radius 2 is 1.77 bits per heavy atom. The summed E-state index contributed by atoms with van der Waals surface area (Å²) in [5, 5.41) is 2.07. The van der Waals surface area contributed by atoms with Gasteiger partial charge >= 0.3 is 0 Å². The molecule has 0 spiro atoms. The van der Waals surface area contributed by atoms with E-state index in [0.29, 0.717) is 18.7 Å². The van der Waals surface area contributed by atoms with Gasteiger partial charge in [0.2, 0.25) is 5.91 Å². The van der Waals surface area contributed by atoms with Crippen molar-refractivity contribution in [2.75, 3.05) is 20.8 Å². The van der Waals surface area contributed by atoms with Crippen LogP contribution in [-0.2, 0) is 24.1 Å². The van der Waals surface area contributed by atoms with Crippen molar-refractivity contribution in [1.29, 1.82) is 0 Å². The molecule has 31 heavy (non-hydrogen) atoms. The molecule has 1 amide bonds. The van der Waals surface area contributed by atoms with Gasteiger partial charge in [0.15, 0.2) is 11.5 Å². The molecule has 0 N–H and O–H groups in total. The van der Waals surface area contributed by atoms with Gasteiger partial charge in [0, 0.05) is 17.8 Å². The molecule has 1 atom stereocenters. The molecule has 5 heteroatoms. The zero-order valence-electron chi connectivity index (χ0n) is 18.4. The van der Waals surface area contributed by atoms with E-state index in [2.05, 4.69) is 48.7 Å². The fraction of sp³-hybridized carbons (Fsp3) is 0.346. The topological polar surface area (TPSA) is 38.8 Å². The highest BCUT2D eigenvalue weighted by Crippen LogP contribution is 2.42. The van der Waals surface area contributed by atoms with Gasteiger partial charge < -0.3 is 14.4 Å². The van der Waals surface area contributed by atoms with Gasteiger partial charge in [-0.05, 0) is 65.1 Å². The Bertz CT molecular complexity index is 1030. The van der Waals surface area contributed by atoms with E-state index in [0.717, 1.165) is 30.6 Å². The Morgan fingerprint density at radius 3 is 2.42 bits per heavy atom. The number of ether oxygens (including phenoxy) is 2. The van der Waals surface area contributed by atoms with Gasteiger partial charge in [-0.3, -0.25) is 4.79 Å². The van der Waals surface area contributed by atoms with Crippen LogP contribution in [0.3, 0.4) is 0 Å². The van der Waals surface area contributed by atoms with Crippen molar-refractivity contribution in [3.05, 3.63) is 81.0 Å². The van der Waals surface area contributed by atoms with E-state index in [9.17, 15) is 4.79 Å². The largest absolute Gasteiger partial charge is 0.493 e. The first-order chi connectivity index (χ1) is 15.1. The summed E-state index contributed by atoms with van der Waals surface area (Å²) in [6.45, 7) is 2.86. The molecule has 0 radical (unpaired) electrons. The maximum absolute atomic E-state index is 13.4. The van der Waals surface area contributed by atoms with E-state index >= 15 is 0 Å². The average molecular weight is 436 g/mol. The van der Waals surface area contributed by atoms with Crippen LogP contribution >= 0.6 is 11.3 Å². The second-order valence-corrected chi connectivity index (χ2v) is 8.81. The van der Waals surface area contributed by atoms with E-state index in [1.54, 1.807) is 25.6 Å². The van der Waals surface area contributed by atoms with E-state index in [4.69, 9.17) is 9.47 Å². The molecule has 1 unspecified atom stereocenters. The van der Waals surface area contributed by atoms with Crippen molar-refractivity contribution in [2.24, 2.45) is 0 Å². The fourth-order valence-electron chi connectivity index (χ4n) is 4.30. The standard InChI is InChI=1S/C26H29NO3S/c1-4-18-7-9-19(10-8-18)11-12-25(28)27-14-13-20-16-22(29-2)23(30-3)17-21(20)26(27)24-6-5-15-31-24/h5-10,15-17,26H,4,11-14H2,1-3H3. The average Bonchev–Trinajstić information content (AvgIpc) is 3.35. The minimum Gasteiger partial charge on any atom is -0.493 e. The SMILES string of the molecule is CCc1ccc(CCC(=O)N2CCc3cc(OC)c(OC)cc3C2c2cccs2)cc1. The van der Waals surface area contributed by atoms with Gasteiger partial charge in [-0.2, -0.15) is 0 Å². The Kier molecular flexibility index (Phi) is 6.62. The van der Waals surface area contributed by atoms with Crippen LogP contribution in [0.15, 0.2) is 53.9 Å². The molecule has 4 rings (SSSR count). The summed E-state index contributed by atoms with van der Waals surface area (Å²) in [4.78, 5) is 16.6. The summed E-state index contributed by atoms with van der Waals surface area (Å²) >= 11 is 1.69. The molecule has 0 saturated heterocycles. The monoisotopic (exact) mass is 435 g/mol. The second kappa shape index (κ2) is 9.56. The van der Waals surface area contributed by atoms with Crippen molar-refractivity contribution in [3.63, 3.8) is 0 Å². The highest BCUT2D eigenvalue weighted by atomic mass is 32.1. The molecule has 162 valence electrons. The van der Waals surface area contributed by atoms with Gasteiger partial charge in [-0.15, -0.1) is 11.3 Å². The molecule has 0 aliphatic carbocycles. The van der Waals surface area contributed by atoms with E-state index in [-0.39, 0.29) is 11.9 Å². The molecule has 1 aromatic heterocycles. The van der Waals surface area contributed by atoms with Crippen LogP contribution < -0.4 is 9.47 Å². The van der Waals surface area contributed by atoms with Crippen LogP contribution in [0, 0.1) is 0 Å². The van der Waals surface area contributed by atoms with Crippen LogP contribution in [0.5, 0.6) is 11.5 Å². The number of carbonyl (C=O) groups is 1. The number of thiophene rings is 1. The summed E-state index contributed by atoms with van der Waals surface area (Å²) in [6, 6.07) is 16.8. The molecule has 0 fully saturated rings. The number of carbonyl (C=O) groups excluding carboxylic acids is 1. The summed E-state index contributed by atoms with van der Waals surface area (Å²) in [5.74, 6) is 1.63. The Hall–Kier alpha value is -2.79. The van der Waals surface area contributed by atoms with E-state index in [1.165, 1.54) is 21.6 Å². The maximum atomic E-state index is 13.4. The van der Waals surface area contributed by atoms with Crippen LogP contribution in [0.25, 0.3) is 0 Å². The molecule has 2 heterocycles. The zero-order valence-corrected chi connectivity index (χ0v) is 19.2. The predicted octanol–water partition coefficient (Wildman–Crippen LogP) is 5.43. The minimum atomic E-state index is -0.0847. The highest BCUT2D eigenvalue weighted by molar-refractivity contribution is 7.10. The zero-order chi connectivity index (χ0) is 21.8. The van der Waals surface area contributed by atoms with E-state index in [1.807, 2.05) is 17.0 Å². The first-order valence-electron chi connectivity index (χ1n) is 10.8. The Labute approximate surface area is 188 Å². The first-order valence-corrected chi connectivity index (χ1v) is 11.7. The van der Waals surface area contributed by atoms with Gasteiger partial charge in [-0.25, -0.2) is 0 Å². The molecule has 4 nitrogen and oxygen atoms in total. The molecule has 1 aliphatic rings. The molecule has 3 aromatic rings. The smallest absolute Gasteiger partial charge is 0.223 e. The van der Waals surface area contributed by atoms with Crippen LogP contribution in [0.2, 0.25) is 0 Å². The van der Waals surface area contributed by atoms with Crippen LogP contribution in [-0.4, -0.2) is 31.6 Å². The number of hydrogen-bond acceptors (Lipinski definition) is 4. The van der Waals surface area contributed by atoms with Crippen molar-refractivity contribution >= 4 is 17.2 Å². The predicted molar refractivity (Wildman–Crippen MR) is 125 cm³/mol. The molecule has 0 bridgehead atoms. The summed E-state index contributed by atoms with van der Waals surface area (Å²) in [6.07, 6.45) is 3.11.